The summed E-state index contributed by atoms with van der Waals surface area (Å²) in [6, 6.07) is 15.5. The first-order valence-electron chi connectivity index (χ1n) is 6.62. The van der Waals surface area contributed by atoms with E-state index in [2.05, 4.69) is 6.07 Å². The Morgan fingerprint density at radius 1 is 1.10 bits per heavy atom. The van der Waals surface area contributed by atoms with Crippen molar-refractivity contribution in [1.82, 2.24) is 0 Å². The van der Waals surface area contributed by atoms with Crippen molar-refractivity contribution in [1.29, 1.82) is 5.26 Å². The van der Waals surface area contributed by atoms with Crippen LogP contribution < -0.4 is 14.4 Å². The summed E-state index contributed by atoms with van der Waals surface area (Å²) in [5, 5.41) is 9.14. The molecule has 2 aromatic carbocycles. The minimum absolute atomic E-state index is 0.392. The van der Waals surface area contributed by atoms with Crippen molar-refractivity contribution in [2.75, 3.05) is 26.1 Å². The Morgan fingerprint density at radius 3 is 2.38 bits per heavy atom. The molecule has 0 aliphatic heterocycles. The molecule has 0 radical (unpaired) electrons. The first-order valence-corrected chi connectivity index (χ1v) is 6.62. The summed E-state index contributed by atoms with van der Waals surface area (Å²) in [5.74, 6) is 1.05. The zero-order valence-electron chi connectivity index (χ0n) is 12.5. The van der Waals surface area contributed by atoms with Gasteiger partial charge in [0, 0.05) is 19.8 Å². The first-order chi connectivity index (χ1) is 10.2. The van der Waals surface area contributed by atoms with Gasteiger partial charge in [-0.3, -0.25) is 0 Å². The van der Waals surface area contributed by atoms with Gasteiger partial charge in [-0.15, -0.1) is 0 Å². The highest BCUT2D eigenvalue weighted by molar-refractivity contribution is 5.52. The Balaban J connectivity index is 2.15. The molecule has 0 spiro atoms. The van der Waals surface area contributed by atoms with Gasteiger partial charge >= 0.3 is 0 Å². The number of methoxy groups -OCH3 is 1. The molecule has 4 heteroatoms. The van der Waals surface area contributed by atoms with E-state index in [1.54, 1.807) is 25.3 Å². The molecular formula is C17H18N2O2. The van der Waals surface area contributed by atoms with Crippen LogP contribution in [0.5, 0.6) is 11.5 Å². The van der Waals surface area contributed by atoms with Crippen LogP contribution in [0.3, 0.4) is 0 Å². The number of anilines is 1. The van der Waals surface area contributed by atoms with Crippen LogP contribution in [0.4, 0.5) is 5.69 Å². The SMILES string of the molecule is COc1cccc(C#N)c1OCc1ccc(N(C)C)cc1. The lowest BCUT2D eigenvalue weighted by atomic mass is 10.2. The maximum Gasteiger partial charge on any atom is 0.179 e. The van der Waals surface area contributed by atoms with Gasteiger partial charge in [-0.05, 0) is 29.8 Å². The van der Waals surface area contributed by atoms with Crippen molar-refractivity contribution in [3.8, 4) is 17.6 Å². The second-order valence-electron chi connectivity index (χ2n) is 4.80. The summed E-state index contributed by atoms with van der Waals surface area (Å²) in [4.78, 5) is 2.04. The largest absolute Gasteiger partial charge is 0.493 e. The summed E-state index contributed by atoms with van der Waals surface area (Å²) in [6.07, 6.45) is 0. The third kappa shape index (κ3) is 3.46. The molecular weight excluding hydrogens is 264 g/mol. The monoisotopic (exact) mass is 282 g/mol. The number of nitrogens with zero attached hydrogens (tertiary/aromatic N) is 2. The average molecular weight is 282 g/mol. The molecule has 21 heavy (non-hydrogen) atoms. The molecule has 0 amide bonds. The summed E-state index contributed by atoms with van der Waals surface area (Å²) in [6.45, 7) is 0.392. The van der Waals surface area contributed by atoms with Gasteiger partial charge in [0.2, 0.25) is 0 Å². The molecule has 0 aliphatic rings. The molecule has 0 fully saturated rings. The first kappa shape index (κ1) is 14.7. The molecule has 0 aromatic heterocycles. The molecule has 0 saturated heterocycles. The third-order valence-corrected chi connectivity index (χ3v) is 3.16. The molecule has 0 N–H and O–H groups in total. The fourth-order valence-corrected chi connectivity index (χ4v) is 1.96. The molecule has 0 unspecified atom stereocenters. The summed E-state index contributed by atoms with van der Waals surface area (Å²) in [5.41, 5.74) is 2.64. The van der Waals surface area contributed by atoms with Crippen molar-refractivity contribution >= 4 is 5.69 Å². The standard InChI is InChI=1S/C17H18N2O2/c1-19(2)15-9-7-13(8-10-15)12-21-17-14(11-18)5-4-6-16(17)20-3/h4-10H,12H2,1-3H3. The van der Waals surface area contributed by atoms with E-state index >= 15 is 0 Å². The lowest BCUT2D eigenvalue weighted by molar-refractivity contribution is 0.283. The maximum atomic E-state index is 9.14. The normalized spacial score (nSPS) is 9.81. The fraction of sp³-hybridized carbons (Fsp3) is 0.235. The van der Waals surface area contributed by atoms with Crippen LogP contribution in [0, 0.1) is 11.3 Å². The smallest absolute Gasteiger partial charge is 0.179 e. The van der Waals surface area contributed by atoms with E-state index in [0.717, 1.165) is 11.3 Å². The van der Waals surface area contributed by atoms with E-state index in [0.29, 0.717) is 23.7 Å². The average Bonchev–Trinajstić information content (AvgIpc) is 2.52. The van der Waals surface area contributed by atoms with Crippen molar-refractivity contribution < 1.29 is 9.47 Å². The second kappa shape index (κ2) is 6.67. The molecule has 2 aromatic rings. The van der Waals surface area contributed by atoms with Gasteiger partial charge in [-0.25, -0.2) is 0 Å². The van der Waals surface area contributed by atoms with Gasteiger partial charge in [-0.1, -0.05) is 18.2 Å². The van der Waals surface area contributed by atoms with Crippen LogP contribution in [-0.2, 0) is 6.61 Å². The topological polar surface area (TPSA) is 45.5 Å². The van der Waals surface area contributed by atoms with Crippen LogP contribution in [-0.4, -0.2) is 21.2 Å². The summed E-state index contributed by atoms with van der Waals surface area (Å²) in [7, 11) is 5.56. The van der Waals surface area contributed by atoms with Crippen molar-refractivity contribution in [2.45, 2.75) is 6.61 Å². The van der Waals surface area contributed by atoms with E-state index in [1.807, 2.05) is 43.3 Å². The van der Waals surface area contributed by atoms with Crippen LogP contribution in [0.15, 0.2) is 42.5 Å². The fourth-order valence-electron chi connectivity index (χ4n) is 1.96. The van der Waals surface area contributed by atoms with Gasteiger partial charge in [0.05, 0.1) is 12.7 Å². The number of nitriles is 1. The highest BCUT2D eigenvalue weighted by atomic mass is 16.5. The van der Waals surface area contributed by atoms with Gasteiger partial charge in [0.25, 0.3) is 0 Å². The van der Waals surface area contributed by atoms with Crippen LogP contribution in [0.1, 0.15) is 11.1 Å². The van der Waals surface area contributed by atoms with Gasteiger partial charge < -0.3 is 14.4 Å². The number of hydrogen-bond acceptors (Lipinski definition) is 4. The van der Waals surface area contributed by atoms with Gasteiger partial charge in [0.1, 0.15) is 12.7 Å². The molecule has 4 nitrogen and oxygen atoms in total. The molecule has 0 atom stereocenters. The highest BCUT2D eigenvalue weighted by Gasteiger charge is 2.10. The van der Waals surface area contributed by atoms with E-state index in [4.69, 9.17) is 14.7 Å². The molecule has 108 valence electrons. The Labute approximate surface area is 125 Å². The minimum Gasteiger partial charge on any atom is -0.493 e. The van der Waals surface area contributed by atoms with E-state index in [1.165, 1.54) is 0 Å². The van der Waals surface area contributed by atoms with Crippen molar-refractivity contribution in [3.05, 3.63) is 53.6 Å². The Morgan fingerprint density at radius 2 is 1.81 bits per heavy atom. The van der Waals surface area contributed by atoms with E-state index in [9.17, 15) is 0 Å². The molecule has 2 rings (SSSR count). The molecule has 0 bridgehead atoms. The predicted molar refractivity (Wildman–Crippen MR) is 82.8 cm³/mol. The molecule has 0 aliphatic carbocycles. The van der Waals surface area contributed by atoms with Crippen molar-refractivity contribution in [2.24, 2.45) is 0 Å². The predicted octanol–water partition coefficient (Wildman–Crippen LogP) is 3.21. The lowest BCUT2D eigenvalue weighted by Crippen LogP contribution is -2.08. The van der Waals surface area contributed by atoms with Crippen LogP contribution >= 0.6 is 0 Å². The van der Waals surface area contributed by atoms with Crippen molar-refractivity contribution in [3.63, 3.8) is 0 Å². The number of benzene rings is 2. The quantitative estimate of drug-likeness (QED) is 0.844. The Kier molecular flexibility index (Phi) is 4.68. The van der Waals surface area contributed by atoms with Gasteiger partial charge in [-0.2, -0.15) is 5.26 Å². The van der Waals surface area contributed by atoms with Crippen LogP contribution in [0.25, 0.3) is 0 Å². The molecule has 0 saturated carbocycles. The van der Waals surface area contributed by atoms with Crippen LogP contribution in [0.2, 0.25) is 0 Å². The maximum absolute atomic E-state index is 9.14. The zero-order valence-corrected chi connectivity index (χ0v) is 12.5. The number of hydrogen-bond donors (Lipinski definition) is 0. The summed E-state index contributed by atoms with van der Waals surface area (Å²) >= 11 is 0. The lowest BCUT2D eigenvalue weighted by Gasteiger charge is -2.14. The summed E-state index contributed by atoms with van der Waals surface area (Å²) < 4.78 is 11.0. The number of para-hydroxylation sites is 1. The zero-order chi connectivity index (χ0) is 15.2. The van der Waals surface area contributed by atoms with Gasteiger partial charge in [0.15, 0.2) is 11.5 Å². The third-order valence-electron chi connectivity index (χ3n) is 3.16. The Bertz CT molecular complexity index is 643. The Hall–Kier alpha value is -2.67. The van der Waals surface area contributed by atoms with E-state index < -0.39 is 0 Å². The second-order valence-corrected chi connectivity index (χ2v) is 4.80. The highest BCUT2D eigenvalue weighted by Crippen LogP contribution is 2.31. The molecule has 0 heterocycles. The minimum atomic E-state index is 0.392. The number of rotatable bonds is 5. The number of ether oxygens (including phenoxy) is 2. The van der Waals surface area contributed by atoms with E-state index in [-0.39, 0.29) is 0 Å².